The van der Waals surface area contributed by atoms with Crippen molar-refractivity contribution in [3.05, 3.63) is 28.8 Å². The molecule has 2 unspecified atom stereocenters. The van der Waals surface area contributed by atoms with Crippen molar-refractivity contribution in [2.45, 2.75) is 58.3 Å². The Bertz CT molecular complexity index is 623. The van der Waals surface area contributed by atoms with Crippen LogP contribution in [0.3, 0.4) is 0 Å². The van der Waals surface area contributed by atoms with Gasteiger partial charge in [0.1, 0.15) is 5.75 Å². The Morgan fingerprint density at radius 2 is 1.88 bits per heavy atom. The van der Waals surface area contributed by atoms with E-state index in [1.165, 1.54) is 0 Å². The summed E-state index contributed by atoms with van der Waals surface area (Å²) < 4.78 is 42.0. The molecule has 1 aliphatic carbocycles. The molecule has 1 fully saturated rings. The van der Waals surface area contributed by atoms with Crippen LogP contribution in [0.5, 0.6) is 5.75 Å². The maximum atomic E-state index is 12.6. The van der Waals surface area contributed by atoms with Crippen molar-refractivity contribution in [2.24, 2.45) is 11.7 Å². The number of hydrogen-bond acceptors (Lipinski definition) is 3. The fourth-order valence-electron chi connectivity index (χ4n) is 3.63. The Hall–Kier alpha value is -1.76. The first kappa shape index (κ1) is 20.6. The molecule has 1 aliphatic rings. The van der Waals surface area contributed by atoms with Crippen LogP contribution >= 0.6 is 0 Å². The van der Waals surface area contributed by atoms with E-state index < -0.39 is 12.8 Å². The Kier molecular flexibility index (Phi) is 6.55. The molecule has 0 radical (unpaired) electrons. The van der Waals surface area contributed by atoms with Gasteiger partial charge in [-0.15, -0.1) is 0 Å². The van der Waals surface area contributed by atoms with E-state index in [4.69, 9.17) is 10.5 Å². The van der Waals surface area contributed by atoms with Gasteiger partial charge in [0.05, 0.1) is 0 Å². The number of benzene rings is 1. The predicted octanol–water partition coefficient (Wildman–Crippen LogP) is 3.72. The molecule has 1 aromatic rings. The molecule has 2 atom stereocenters. The first-order valence-electron chi connectivity index (χ1n) is 8.87. The molecule has 0 spiro atoms. The molecular weight excluding hydrogens is 345 g/mol. The zero-order valence-electron chi connectivity index (χ0n) is 15.5. The average Bonchev–Trinajstić information content (AvgIpc) is 2.52. The highest BCUT2D eigenvalue weighted by atomic mass is 19.4. The van der Waals surface area contributed by atoms with E-state index in [2.05, 4.69) is 0 Å². The van der Waals surface area contributed by atoms with Crippen LogP contribution in [-0.2, 0) is 11.3 Å². The van der Waals surface area contributed by atoms with Gasteiger partial charge in [-0.2, -0.15) is 13.2 Å². The summed E-state index contributed by atoms with van der Waals surface area (Å²) in [6.45, 7) is 2.52. The van der Waals surface area contributed by atoms with Crippen LogP contribution in [0.4, 0.5) is 13.2 Å². The van der Waals surface area contributed by atoms with Gasteiger partial charge in [-0.25, -0.2) is 0 Å². The van der Waals surface area contributed by atoms with Crippen LogP contribution in [0.15, 0.2) is 12.1 Å². The van der Waals surface area contributed by atoms with Crippen molar-refractivity contribution >= 4 is 5.91 Å². The van der Waals surface area contributed by atoms with Crippen molar-refractivity contribution in [3.63, 3.8) is 0 Å². The van der Waals surface area contributed by atoms with Crippen molar-refractivity contribution in [1.29, 1.82) is 0 Å². The molecule has 4 nitrogen and oxygen atoms in total. The number of amides is 1. The topological polar surface area (TPSA) is 55.6 Å². The summed E-state index contributed by atoms with van der Waals surface area (Å²) >= 11 is 0. The van der Waals surface area contributed by atoms with Crippen molar-refractivity contribution in [3.8, 4) is 5.75 Å². The first-order valence-corrected chi connectivity index (χ1v) is 8.87. The summed E-state index contributed by atoms with van der Waals surface area (Å²) in [6.07, 6.45) is -0.865. The third-order valence-electron chi connectivity index (χ3n) is 4.76. The van der Waals surface area contributed by atoms with Gasteiger partial charge in [0.2, 0.25) is 5.91 Å². The zero-order valence-corrected chi connectivity index (χ0v) is 15.5. The molecule has 0 aliphatic heterocycles. The van der Waals surface area contributed by atoms with Crippen LogP contribution in [0, 0.1) is 19.8 Å². The Morgan fingerprint density at radius 3 is 2.42 bits per heavy atom. The zero-order chi connectivity index (χ0) is 19.5. The molecule has 0 bridgehead atoms. The molecule has 1 amide bonds. The van der Waals surface area contributed by atoms with Gasteiger partial charge in [-0.3, -0.25) is 4.79 Å². The maximum absolute atomic E-state index is 12.6. The minimum absolute atomic E-state index is 0.0414. The number of hydrogen-bond donors (Lipinski definition) is 1. The van der Waals surface area contributed by atoms with Gasteiger partial charge in [-0.1, -0.05) is 18.6 Å². The average molecular weight is 372 g/mol. The third-order valence-corrected chi connectivity index (χ3v) is 4.76. The lowest BCUT2D eigenvalue weighted by atomic mass is 9.85. The number of nitrogens with two attached hydrogens (primary N) is 1. The summed E-state index contributed by atoms with van der Waals surface area (Å²) in [5, 5.41) is 0. The van der Waals surface area contributed by atoms with E-state index in [0.717, 1.165) is 24.8 Å². The van der Waals surface area contributed by atoms with Crippen LogP contribution < -0.4 is 10.5 Å². The van der Waals surface area contributed by atoms with E-state index in [-0.39, 0.29) is 23.6 Å². The Labute approximate surface area is 152 Å². The van der Waals surface area contributed by atoms with E-state index in [1.54, 1.807) is 37.9 Å². The van der Waals surface area contributed by atoms with Crippen molar-refractivity contribution in [1.82, 2.24) is 4.90 Å². The SMILES string of the molecule is Cc1cc(CN(C)C(=O)C2CCCC(N)C2)cc(C)c1OCC(F)(F)F. The van der Waals surface area contributed by atoms with Crippen LogP contribution in [0.25, 0.3) is 0 Å². The minimum Gasteiger partial charge on any atom is -0.484 e. The molecule has 26 heavy (non-hydrogen) atoms. The summed E-state index contributed by atoms with van der Waals surface area (Å²) in [6, 6.07) is 3.63. The second kappa shape index (κ2) is 8.29. The monoisotopic (exact) mass is 372 g/mol. The van der Waals surface area contributed by atoms with E-state index >= 15 is 0 Å². The lowest BCUT2D eigenvalue weighted by Gasteiger charge is -2.29. The van der Waals surface area contributed by atoms with Crippen LogP contribution in [0.1, 0.15) is 42.4 Å². The third kappa shape index (κ3) is 5.62. The standard InChI is InChI=1S/C19H27F3N2O2/c1-12-7-14(8-13(2)17(12)26-11-19(20,21)22)10-24(3)18(25)15-5-4-6-16(23)9-15/h7-8,15-16H,4-6,9-11,23H2,1-3H3. The molecule has 1 saturated carbocycles. The highest BCUT2D eigenvalue weighted by Crippen LogP contribution is 2.29. The van der Waals surface area contributed by atoms with E-state index in [1.807, 2.05) is 0 Å². The van der Waals surface area contributed by atoms with Crippen LogP contribution in [-0.4, -0.2) is 36.7 Å². The number of halogens is 3. The van der Waals surface area contributed by atoms with Crippen molar-refractivity contribution in [2.75, 3.05) is 13.7 Å². The number of nitrogens with zero attached hydrogens (tertiary/aromatic N) is 1. The number of alkyl halides is 3. The summed E-state index contributed by atoms with van der Waals surface area (Å²) in [5.41, 5.74) is 8.10. The quantitative estimate of drug-likeness (QED) is 0.857. The van der Waals surface area contributed by atoms with E-state index in [9.17, 15) is 18.0 Å². The van der Waals surface area contributed by atoms with Gasteiger partial charge in [0.15, 0.2) is 6.61 Å². The molecule has 0 heterocycles. The molecular formula is C19H27F3N2O2. The fourth-order valence-corrected chi connectivity index (χ4v) is 3.63. The highest BCUT2D eigenvalue weighted by Gasteiger charge is 2.29. The van der Waals surface area contributed by atoms with Gasteiger partial charge >= 0.3 is 6.18 Å². The largest absolute Gasteiger partial charge is 0.484 e. The number of aryl methyl sites for hydroxylation is 2. The molecule has 146 valence electrons. The lowest BCUT2D eigenvalue weighted by Crippen LogP contribution is -2.38. The van der Waals surface area contributed by atoms with Gasteiger partial charge in [-0.05, 0) is 49.8 Å². The molecule has 1 aromatic carbocycles. The Morgan fingerprint density at radius 1 is 1.27 bits per heavy atom. The predicted molar refractivity (Wildman–Crippen MR) is 93.9 cm³/mol. The van der Waals surface area contributed by atoms with Gasteiger partial charge in [0, 0.05) is 25.6 Å². The molecule has 2 N–H and O–H groups in total. The second-order valence-electron chi connectivity index (χ2n) is 7.28. The summed E-state index contributed by atoms with van der Waals surface area (Å²) in [5.74, 6) is 0.284. The minimum atomic E-state index is -4.37. The molecule has 0 saturated heterocycles. The summed E-state index contributed by atoms with van der Waals surface area (Å²) in [7, 11) is 1.75. The molecule has 0 aromatic heterocycles. The number of rotatable bonds is 5. The normalized spacial score (nSPS) is 20.7. The van der Waals surface area contributed by atoms with Gasteiger partial charge in [0.25, 0.3) is 0 Å². The second-order valence-corrected chi connectivity index (χ2v) is 7.28. The lowest BCUT2D eigenvalue weighted by molar-refractivity contribution is -0.153. The maximum Gasteiger partial charge on any atom is 0.422 e. The van der Waals surface area contributed by atoms with Gasteiger partial charge < -0.3 is 15.4 Å². The van der Waals surface area contributed by atoms with E-state index in [0.29, 0.717) is 24.1 Å². The smallest absolute Gasteiger partial charge is 0.422 e. The number of carbonyl (C=O) groups is 1. The summed E-state index contributed by atoms with van der Waals surface area (Å²) in [4.78, 5) is 14.3. The highest BCUT2D eigenvalue weighted by molar-refractivity contribution is 5.78. The molecule has 2 rings (SSSR count). The molecule has 7 heteroatoms. The first-order chi connectivity index (χ1) is 12.1. The number of ether oxygens (including phenoxy) is 1. The van der Waals surface area contributed by atoms with Crippen LogP contribution in [0.2, 0.25) is 0 Å². The Balaban J connectivity index is 2.03. The fraction of sp³-hybridized carbons (Fsp3) is 0.632. The number of carbonyl (C=O) groups excluding carboxylic acids is 1. The van der Waals surface area contributed by atoms with Crippen molar-refractivity contribution < 1.29 is 22.7 Å².